The van der Waals surface area contributed by atoms with Gasteiger partial charge in [-0.1, -0.05) is 6.92 Å². The first-order valence-corrected chi connectivity index (χ1v) is 5.26. The maximum absolute atomic E-state index is 11.3. The van der Waals surface area contributed by atoms with E-state index in [2.05, 4.69) is 16.5 Å². The quantitative estimate of drug-likeness (QED) is 0.713. The van der Waals surface area contributed by atoms with Gasteiger partial charge in [0.25, 0.3) is 0 Å². The second-order valence-electron chi connectivity index (χ2n) is 3.98. The average Bonchev–Trinajstić information content (AvgIpc) is 2.59. The molecular formula is C11H16N2O. The summed E-state index contributed by atoms with van der Waals surface area (Å²) in [4.78, 5) is 15.7. The predicted molar refractivity (Wildman–Crippen MR) is 54.1 cm³/mol. The number of hydrogen-bond acceptors (Lipinski definition) is 2. The van der Waals surface area contributed by atoms with Crippen LogP contribution in [0.2, 0.25) is 0 Å². The van der Waals surface area contributed by atoms with Gasteiger partial charge in [-0.05, 0) is 19.8 Å². The second kappa shape index (κ2) is 3.56. The molecule has 0 spiro atoms. The van der Waals surface area contributed by atoms with Gasteiger partial charge in [0, 0.05) is 30.8 Å². The fourth-order valence-electron chi connectivity index (χ4n) is 2.12. The predicted octanol–water partition coefficient (Wildman–Crippen LogP) is 1.60. The Morgan fingerprint density at radius 3 is 3.14 bits per heavy atom. The van der Waals surface area contributed by atoms with Crippen molar-refractivity contribution in [2.24, 2.45) is 5.92 Å². The van der Waals surface area contributed by atoms with Gasteiger partial charge in [-0.2, -0.15) is 0 Å². The second-order valence-corrected chi connectivity index (χ2v) is 3.98. The highest BCUT2D eigenvalue weighted by Crippen LogP contribution is 2.22. The van der Waals surface area contributed by atoms with Crippen molar-refractivity contribution in [3.8, 4) is 0 Å². The van der Waals surface area contributed by atoms with E-state index in [1.807, 2.05) is 6.20 Å². The third-order valence-corrected chi connectivity index (χ3v) is 3.06. The van der Waals surface area contributed by atoms with Crippen LogP contribution in [0.1, 0.15) is 31.8 Å². The highest BCUT2D eigenvalue weighted by atomic mass is 16.1. The zero-order chi connectivity index (χ0) is 10.1. The van der Waals surface area contributed by atoms with Gasteiger partial charge in [0.05, 0.1) is 0 Å². The van der Waals surface area contributed by atoms with Gasteiger partial charge < -0.3 is 4.57 Å². The van der Waals surface area contributed by atoms with Crippen LogP contribution >= 0.6 is 0 Å². The molecule has 0 aromatic carbocycles. The average molecular weight is 192 g/mol. The minimum Gasteiger partial charge on any atom is -0.331 e. The molecule has 1 aromatic heterocycles. The first-order valence-electron chi connectivity index (χ1n) is 5.26. The van der Waals surface area contributed by atoms with Gasteiger partial charge in [0.15, 0.2) is 0 Å². The molecule has 14 heavy (non-hydrogen) atoms. The summed E-state index contributed by atoms with van der Waals surface area (Å²) in [5.74, 6) is 1.64. The summed E-state index contributed by atoms with van der Waals surface area (Å²) in [5.41, 5.74) is 1.29. The summed E-state index contributed by atoms with van der Waals surface area (Å²) in [7, 11) is 0. The number of aryl methyl sites for hydroxylation is 2. The van der Waals surface area contributed by atoms with Crippen molar-refractivity contribution in [2.75, 3.05) is 0 Å². The van der Waals surface area contributed by atoms with Crippen LogP contribution in [0, 0.1) is 5.92 Å². The fraction of sp³-hybridized carbons (Fsp3) is 0.636. The Hall–Kier alpha value is -1.12. The standard InChI is InChI=1S/C11H16N2O/c1-3-11-12-6-10-5-4-9(8(2)14)7-13(10)11/h6,9H,3-5,7H2,1-2H3. The number of aromatic nitrogens is 2. The van der Waals surface area contributed by atoms with Crippen LogP contribution in [-0.4, -0.2) is 15.3 Å². The van der Waals surface area contributed by atoms with E-state index in [1.165, 1.54) is 5.69 Å². The van der Waals surface area contributed by atoms with Crippen molar-refractivity contribution in [1.82, 2.24) is 9.55 Å². The molecule has 76 valence electrons. The van der Waals surface area contributed by atoms with Crippen LogP contribution < -0.4 is 0 Å². The number of imidazole rings is 1. The summed E-state index contributed by atoms with van der Waals surface area (Å²) >= 11 is 0. The maximum Gasteiger partial charge on any atom is 0.134 e. The molecule has 1 atom stereocenters. The van der Waals surface area contributed by atoms with Crippen LogP contribution in [0.25, 0.3) is 0 Å². The number of ketones is 1. The summed E-state index contributed by atoms with van der Waals surface area (Å²) in [6.45, 7) is 4.64. The van der Waals surface area contributed by atoms with Crippen LogP contribution in [0.5, 0.6) is 0 Å². The van der Waals surface area contributed by atoms with E-state index < -0.39 is 0 Å². The number of nitrogens with zero attached hydrogens (tertiary/aromatic N) is 2. The first-order chi connectivity index (χ1) is 6.72. The third-order valence-electron chi connectivity index (χ3n) is 3.06. The molecule has 0 aliphatic carbocycles. The Labute approximate surface area is 84.1 Å². The van der Waals surface area contributed by atoms with Gasteiger partial charge in [0.2, 0.25) is 0 Å². The van der Waals surface area contributed by atoms with E-state index in [0.29, 0.717) is 5.78 Å². The van der Waals surface area contributed by atoms with Crippen molar-refractivity contribution in [2.45, 2.75) is 39.7 Å². The Kier molecular flexibility index (Phi) is 2.40. The Morgan fingerprint density at radius 2 is 2.50 bits per heavy atom. The lowest BCUT2D eigenvalue weighted by molar-refractivity contribution is -0.121. The van der Waals surface area contributed by atoms with Gasteiger partial charge >= 0.3 is 0 Å². The summed E-state index contributed by atoms with van der Waals surface area (Å²) in [5, 5.41) is 0. The molecule has 0 amide bonds. The topological polar surface area (TPSA) is 34.9 Å². The summed E-state index contributed by atoms with van der Waals surface area (Å²) in [6.07, 6.45) is 4.89. The lowest BCUT2D eigenvalue weighted by Gasteiger charge is -2.23. The van der Waals surface area contributed by atoms with Crippen molar-refractivity contribution >= 4 is 5.78 Å². The summed E-state index contributed by atoms with van der Waals surface area (Å²) < 4.78 is 2.22. The van der Waals surface area contributed by atoms with E-state index in [-0.39, 0.29) is 5.92 Å². The molecule has 2 heterocycles. The fourth-order valence-corrected chi connectivity index (χ4v) is 2.12. The largest absolute Gasteiger partial charge is 0.331 e. The number of rotatable bonds is 2. The first kappa shape index (κ1) is 9.44. The van der Waals surface area contributed by atoms with E-state index >= 15 is 0 Å². The lowest BCUT2D eigenvalue weighted by Crippen LogP contribution is -2.26. The zero-order valence-corrected chi connectivity index (χ0v) is 8.79. The number of hydrogen-bond donors (Lipinski definition) is 0. The van der Waals surface area contributed by atoms with Gasteiger partial charge in [-0.15, -0.1) is 0 Å². The molecule has 1 unspecified atom stereocenters. The number of carbonyl (C=O) groups is 1. The zero-order valence-electron chi connectivity index (χ0n) is 8.79. The highest BCUT2D eigenvalue weighted by molar-refractivity contribution is 5.78. The molecule has 0 bridgehead atoms. The SMILES string of the molecule is CCc1ncc2n1CC(C(C)=O)CC2. The van der Waals surface area contributed by atoms with Gasteiger partial charge in [-0.25, -0.2) is 4.98 Å². The molecule has 1 aliphatic heterocycles. The van der Waals surface area contributed by atoms with E-state index in [4.69, 9.17) is 0 Å². The molecular weight excluding hydrogens is 176 g/mol. The van der Waals surface area contributed by atoms with E-state index in [0.717, 1.165) is 31.6 Å². The summed E-state index contributed by atoms with van der Waals surface area (Å²) in [6, 6.07) is 0. The molecule has 0 saturated carbocycles. The molecule has 2 rings (SSSR count). The van der Waals surface area contributed by atoms with Crippen LogP contribution in [0.4, 0.5) is 0 Å². The molecule has 1 aromatic rings. The van der Waals surface area contributed by atoms with Crippen molar-refractivity contribution < 1.29 is 4.79 Å². The maximum atomic E-state index is 11.3. The van der Waals surface area contributed by atoms with Crippen molar-refractivity contribution in [3.63, 3.8) is 0 Å². The minimum atomic E-state index is 0.210. The Balaban J connectivity index is 2.27. The highest BCUT2D eigenvalue weighted by Gasteiger charge is 2.23. The normalized spacial score (nSPS) is 20.6. The number of carbonyl (C=O) groups excluding carboxylic acids is 1. The van der Waals surface area contributed by atoms with Crippen LogP contribution in [0.3, 0.4) is 0 Å². The molecule has 1 aliphatic rings. The Bertz CT molecular complexity index is 341. The Morgan fingerprint density at radius 1 is 1.71 bits per heavy atom. The molecule has 3 heteroatoms. The molecule has 3 nitrogen and oxygen atoms in total. The van der Waals surface area contributed by atoms with Crippen LogP contribution in [0.15, 0.2) is 6.20 Å². The van der Waals surface area contributed by atoms with Crippen molar-refractivity contribution in [3.05, 3.63) is 17.7 Å². The molecule has 0 saturated heterocycles. The lowest BCUT2D eigenvalue weighted by atomic mass is 9.95. The smallest absolute Gasteiger partial charge is 0.134 e. The van der Waals surface area contributed by atoms with Crippen molar-refractivity contribution in [1.29, 1.82) is 0 Å². The third kappa shape index (κ3) is 1.47. The molecule has 0 radical (unpaired) electrons. The van der Waals surface area contributed by atoms with E-state index in [9.17, 15) is 4.79 Å². The monoisotopic (exact) mass is 192 g/mol. The van der Waals surface area contributed by atoms with Gasteiger partial charge in [-0.3, -0.25) is 4.79 Å². The van der Waals surface area contributed by atoms with E-state index in [1.54, 1.807) is 6.92 Å². The molecule has 0 N–H and O–H groups in total. The molecule has 0 fully saturated rings. The van der Waals surface area contributed by atoms with Gasteiger partial charge in [0.1, 0.15) is 11.6 Å². The van der Waals surface area contributed by atoms with Crippen LogP contribution in [-0.2, 0) is 24.2 Å². The minimum absolute atomic E-state index is 0.210. The number of fused-ring (bicyclic) bond motifs is 1. The number of Topliss-reactive ketones (excluding diaryl/α,β-unsaturated/α-hetero) is 1.